The van der Waals surface area contributed by atoms with Crippen molar-refractivity contribution in [3.63, 3.8) is 0 Å². The fraction of sp³-hybridized carbons (Fsp3) is 0.179. The van der Waals surface area contributed by atoms with Gasteiger partial charge in [-0.2, -0.15) is 5.10 Å². The molecule has 0 radical (unpaired) electrons. The van der Waals surface area contributed by atoms with Crippen molar-refractivity contribution in [2.45, 2.75) is 30.6 Å². The molecule has 9 nitrogen and oxygen atoms in total. The lowest BCUT2D eigenvalue weighted by atomic mass is 9.96. The van der Waals surface area contributed by atoms with Crippen molar-refractivity contribution >= 4 is 27.3 Å². The first kappa shape index (κ1) is 27.0. The molecule has 0 spiro atoms. The third kappa shape index (κ3) is 5.43. The number of rotatable bonds is 9. The lowest BCUT2D eigenvalue weighted by Gasteiger charge is -2.10. The maximum atomic E-state index is 14.8. The summed E-state index contributed by atoms with van der Waals surface area (Å²) in [6.45, 7) is 0. The van der Waals surface area contributed by atoms with Crippen molar-refractivity contribution in [3.8, 4) is 27.7 Å². The number of furan rings is 1. The number of hydrogen-bond donors (Lipinski definition) is 2. The largest absolute Gasteiger partial charge is 0.476 e. The fourth-order valence-electron chi connectivity index (χ4n) is 4.71. The van der Waals surface area contributed by atoms with Gasteiger partial charge in [0.25, 0.3) is 0 Å². The zero-order valence-corrected chi connectivity index (χ0v) is 22.9. The standard InChI is InChI=1S/C28H22F2N4O5S2/c29-20-7-6-17(13-18(20)24-2-1-9-39-24)26-19(10-16-5-8-25(21(30)11-16)41(31,37)38)23(12-15-3-4-15)34(33-26)28-32-22(14-40-28)27(35)36/h1-2,5-9,11,13-15H,3-4,10,12H2,(H,35,36)(H2,31,37,38). The van der Waals surface area contributed by atoms with E-state index in [4.69, 9.17) is 14.7 Å². The van der Waals surface area contributed by atoms with Crippen LogP contribution in [0.15, 0.2) is 69.5 Å². The number of aromatic carboxylic acids is 1. The van der Waals surface area contributed by atoms with Crippen LogP contribution < -0.4 is 5.14 Å². The minimum Gasteiger partial charge on any atom is -0.476 e. The van der Waals surface area contributed by atoms with E-state index < -0.39 is 32.5 Å². The van der Waals surface area contributed by atoms with Gasteiger partial charge in [-0.1, -0.05) is 6.07 Å². The quantitative estimate of drug-likeness (QED) is 0.231. The third-order valence-corrected chi connectivity index (χ3v) is 8.63. The van der Waals surface area contributed by atoms with Gasteiger partial charge in [0, 0.05) is 22.9 Å². The van der Waals surface area contributed by atoms with Crippen molar-refractivity contribution in [1.29, 1.82) is 0 Å². The van der Waals surface area contributed by atoms with E-state index in [2.05, 4.69) is 4.98 Å². The summed E-state index contributed by atoms with van der Waals surface area (Å²) in [5.74, 6) is -1.93. The Morgan fingerprint density at radius 1 is 1.15 bits per heavy atom. The van der Waals surface area contributed by atoms with E-state index in [-0.39, 0.29) is 17.7 Å². The molecule has 0 saturated heterocycles. The molecule has 0 bridgehead atoms. The molecule has 2 aromatic carbocycles. The molecule has 0 aliphatic heterocycles. The van der Waals surface area contributed by atoms with Crippen LogP contribution in [0.1, 0.15) is 40.2 Å². The van der Waals surface area contributed by atoms with Crippen LogP contribution in [0.5, 0.6) is 0 Å². The van der Waals surface area contributed by atoms with Gasteiger partial charge in [0.05, 0.1) is 23.2 Å². The number of sulfonamides is 1. The highest BCUT2D eigenvalue weighted by molar-refractivity contribution is 7.89. The normalized spacial score (nSPS) is 13.5. The van der Waals surface area contributed by atoms with Crippen molar-refractivity contribution in [2.75, 3.05) is 0 Å². The monoisotopic (exact) mass is 596 g/mol. The smallest absolute Gasteiger partial charge is 0.355 e. The first-order valence-corrected chi connectivity index (χ1v) is 15.0. The van der Waals surface area contributed by atoms with E-state index in [9.17, 15) is 27.1 Å². The summed E-state index contributed by atoms with van der Waals surface area (Å²) in [4.78, 5) is 15.2. The summed E-state index contributed by atoms with van der Waals surface area (Å²) < 4.78 is 60.2. The van der Waals surface area contributed by atoms with E-state index in [1.165, 1.54) is 23.8 Å². The van der Waals surface area contributed by atoms with Gasteiger partial charge in [-0.05, 0) is 73.2 Å². The molecule has 3 heterocycles. The highest BCUT2D eigenvalue weighted by Gasteiger charge is 2.30. The molecule has 0 unspecified atom stereocenters. The SMILES string of the molecule is NS(=O)(=O)c1ccc(Cc2c(-c3ccc(F)c(-c4ccco4)c3)nn(-c3nc(C(=O)O)cs3)c2CC2CC2)cc1F. The number of primary sulfonamides is 1. The number of nitrogens with zero attached hydrogens (tertiary/aromatic N) is 3. The van der Waals surface area contributed by atoms with Crippen LogP contribution in [-0.4, -0.2) is 34.3 Å². The van der Waals surface area contributed by atoms with Gasteiger partial charge in [-0.25, -0.2) is 36.8 Å². The third-order valence-electron chi connectivity index (χ3n) is 6.87. The first-order chi connectivity index (χ1) is 19.6. The number of halogens is 2. The Morgan fingerprint density at radius 2 is 1.95 bits per heavy atom. The van der Waals surface area contributed by atoms with E-state index in [0.717, 1.165) is 42.0 Å². The van der Waals surface area contributed by atoms with Crippen LogP contribution in [0.3, 0.4) is 0 Å². The predicted octanol–water partition coefficient (Wildman–Crippen LogP) is 5.42. The molecule has 41 heavy (non-hydrogen) atoms. The maximum Gasteiger partial charge on any atom is 0.355 e. The van der Waals surface area contributed by atoms with Gasteiger partial charge in [0.1, 0.15) is 22.3 Å². The number of aromatic nitrogens is 3. The average molecular weight is 597 g/mol. The molecule has 5 aromatic rings. The van der Waals surface area contributed by atoms with E-state index in [1.54, 1.807) is 28.9 Å². The van der Waals surface area contributed by atoms with E-state index >= 15 is 0 Å². The highest BCUT2D eigenvalue weighted by Crippen LogP contribution is 2.39. The average Bonchev–Trinajstić information content (AvgIpc) is 3.29. The molecule has 6 rings (SSSR count). The molecule has 0 amide bonds. The van der Waals surface area contributed by atoms with Crippen molar-refractivity contribution in [2.24, 2.45) is 11.1 Å². The van der Waals surface area contributed by atoms with Gasteiger partial charge in [-0.3, -0.25) is 0 Å². The van der Waals surface area contributed by atoms with Crippen LogP contribution in [0, 0.1) is 17.6 Å². The van der Waals surface area contributed by atoms with Crippen molar-refractivity contribution in [1.82, 2.24) is 14.8 Å². The maximum absolute atomic E-state index is 14.8. The van der Waals surface area contributed by atoms with Gasteiger partial charge >= 0.3 is 5.97 Å². The summed E-state index contributed by atoms with van der Waals surface area (Å²) in [5, 5.41) is 21.2. The highest BCUT2D eigenvalue weighted by atomic mass is 32.2. The molecule has 1 aliphatic rings. The lowest BCUT2D eigenvalue weighted by Crippen LogP contribution is -2.14. The zero-order valence-electron chi connectivity index (χ0n) is 21.3. The Morgan fingerprint density at radius 3 is 2.59 bits per heavy atom. The van der Waals surface area contributed by atoms with Crippen LogP contribution >= 0.6 is 11.3 Å². The van der Waals surface area contributed by atoms with Crippen LogP contribution in [0.25, 0.3) is 27.7 Å². The molecule has 3 aromatic heterocycles. The zero-order chi connectivity index (χ0) is 28.9. The van der Waals surface area contributed by atoms with Crippen LogP contribution in [0.4, 0.5) is 8.78 Å². The first-order valence-electron chi connectivity index (χ1n) is 12.5. The summed E-state index contributed by atoms with van der Waals surface area (Å²) in [6.07, 6.45) is 4.22. The lowest BCUT2D eigenvalue weighted by molar-refractivity contribution is 0.0691. The molecule has 13 heteroatoms. The number of benzene rings is 2. The predicted molar refractivity (Wildman–Crippen MR) is 146 cm³/mol. The number of hydrogen-bond acceptors (Lipinski definition) is 7. The van der Waals surface area contributed by atoms with Gasteiger partial charge in [0.15, 0.2) is 5.69 Å². The molecule has 1 saturated carbocycles. The second-order valence-corrected chi connectivity index (χ2v) is 12.2. The number of nitrogens with two attached hydrogens (primary N) is 1. The summed E-state index contributed by atoms with van der Waals surface area (Å²) in [6, 6.07) is 11.5. The number of carbonyl (C=O) groups is 1. The van der Waals surface area contributed by atoms with E-state index in [1.807, 2.05) is 0 Å². The number of thiazole rings is 1. The van der Waals surface area contributed by atoms with Gasteiger partial charge < -0.3 is 9.52 Å². The van der Waals surface area contributed by atoms with Crippen molar-refractivity contribution < 1.29 is 31.5 Å². The summed E-state index contributed by atoms with van der Waals surface area (Å²) in [7, 11) is -4.25. The molecule has 0 atom stereocenters. The molecule has 1 aliphatic carbocycles. The molecule has 1 fully saturated rings. The van der Waals surface area contributed by atoms with E-state index in [0.29, 0.717) is 45.6 Å². The second kappa shape index (κ2) is 10.3. The fourth-order valence-corrected chi connectivity index (χ4v) is 6.07. The van der Waals surface area contributed by atoms with Crippen LogP contribution in [0.2, 0.25) is 0 Å². The minimum atomic E-state index is -4.25. The molecular formula is C28H22F2N4O5S2. The van der Waals surface area contributed by atoms with Gasteiger partial charge in [-0.15, -0.1) is 11.3 Å². The number of carboxylic acids is 1. The van der Waals surface area contributed by atoms with Gasteiger partial charge in [0.2, 0.25) is 15.2 Å². The van der Waals surface area contributed by atoms with Crippen LogP contribution in [-0.2, 0) is 22.9 Å². The summed E-state index contributed by atoms with van der Waals surface area (Å²) in [5.41, 5.74) is 3.05. The Kier molecular flexibility index (Phi) is 6.80. The summed E-state index contributed by atoms with van der Waals surface area (Å²) >= 11 is 1.12. The topological polar surface area (TPSA) is 141 Å². The Bertz CT molecular complexity index is 1890. The Labute approximate surface area is 236 Å². The van der Waals surface area contributed by atoms with Crippen molar-refractivity contribution in [3.05, 3.63) is 94.3 Å². The number of carboxylic acid groups (broad SMARTS) is 1. The molecular weight excluding hydrogens is 574 g/mol. The Hall–Kier alpha value is -4.20. The Balaban J connectivity index is 1.54. The molecule has 210 valence electrons. The molecule has 3 N–H and O–H groups in total. The minimum absolute atomic E-state index is 0.122. The second-order valence-electron chi connectivity index (χ2n) is 9.81.